The van der Waals surface area contributed by atoms with Crippen LogP contribution in [0.5, 0.6) is 5.75 Å². The molecule has 0 spiro atoms. The number of halogens is 3. The lowest BCUT2D eigenvalue weighted by atomic mass is 10.2. The van der Waals surface area contributed by atoms with E-state index in [1.807, 2.05) is 0 Å². The second-order valence-corrected chi connectivity index (χ2v) is 6.82. The largest absolute Gasteiger partial charge is 0.497 e. The Labute approximate surface area is 171 Å². The number of pyridine rings is 1. The fourth-order valence-electron chi connectivity index (χ4n) is 3.13. The van der Waals surface area contributed by atoms with Crippen molar-refractivity contribution >= 4 is 17.6 Å². The van der Waals surface area contributed by atoms with E-state index < -0.39 is 17.6 Å². The quantitative estimate of drug-likeness (QED) is 0.746. The minimum atomic E-state index is -4.43. The SMILES string of the molecule is COc1cccc(C(=O)NCC(=O)NC2CCN(c3ccc(C(F)(F)F)cn3)C2)c1. The van der Waals surface area contributed by atoms with Crippen LogP contribution in [0.1, 0.15) is 22.3 Å². The Balaban J connectivity index is 1.47. The average molecular weight is 422 g/mol. The number of ether oxygens (including phenoxy) is 1. The number of methoxy groups -OCH3 is 1. The molecule has 2 aromatic rings. The van der Waals surface area contributed by atoms with Gasteiger partial charge in [0.05, 0.1) is 19.2 Å². The van der Waals surface area contributed by atoms with E-state index >= 15 is 0 Å². The van der Waals surface area contributed by atoms with Crippen LogP contribution in [0.15, 0.2) is 42.6 Å². The van der Waals surface area contributed by atoms with Gasteiger partial charge in [0, 0.05) is 30.9 Å². The minimum Gasteiger partial charge on any atom is -0.497 e. The summed E-state index contributed by atoms with van der Waals surface area (Å²) in [5, 5.41) is 5.36. The Morgan fingerprint density at radius 2 is 2.07 bits per heavy atom. The number of anilines is 1. The fourth-order valence-corrected chi connectivity index (χ4v) is 3.13. The van der Waals surface area contributed by atoms with E-state index in [4.69, 9.17) is 4.74 Å². The molecule has 1 aliphatic rings. The van der Waals surface area contributed by atoms with Gasteiger partial charge >= 0.3 is 6.18 Å². The van der Waals surface area contributed by atoms with E-state index in [9.17, 15) is 22.8 Å². The van der Waals surface area contributed by atoms with Crippen molar-refractivity contribution in [2.24, 2.45) is 0 Å². The highest BCUT2D eigenvalue weighted by atomic mass is 19.4. The Morgan fingerprint density at radius 1 is 1.27 bits per heavy atom. The number of rotatable bonds is 6. The van der Waals surface area contributed by atoms with Gasteiger partial charge in [0.2, 0.25) is 5.91 Å². The van der Waals surface area contributed by atoms with Gasteiger partial charge in [0.1, 0.15) is 11.6 Å². The Kier molecular flexibility index (Phi) is 6.43. The van der Waals surface area contributed by atoms with Crippen molar-refractivity contribution in [2.75, 3.05) is 31.6 Å². The molecule has 1 aromatic carbocycles. The maximum Gasteiger partial charge on any atom is 0.417 e. The summed E-state index contributed by atoms with van der Waals surface area (Å²) in [4.78, 5) is 30.0. The topological polar surface area (TPSA) is 83.6 Å². The van der Waals surface area contributed by atoms with Crippen molar-refractivity contribution in [2.45, 2.75) is 18.6 Å². The monoisotopic (exact) mass is 422 g/mol. The maximum atomic E-state index is 12.6. The summed E-state index contributed by atoms with van der Waals surface area (Å²) in [7, 11) is 1.50. The second-order valence-electron chi connectivity index (χ2n) is 6.82. The van der Waals surface area contributed by atoms with Gasteiger partial charge in [-0.15, -0.1) is 0 Å². The standard InChI is InChI=1S/C20H21F3N4O3/c1-30-16-4-2-3-13(9-16)19(29)25-11-18(28)26-15-7-8-27(12-15)17-6-5-14(10-24-17)20(21,22)23/h2-6,9-10,15H,7-8,11-12H2,1H3,(H,25,29)(H,26,28). The molecule has 2 N–H and O–H groups in total. The van der Waals surface area contributed by atoms with Crippen LogP contribution in [-0.4, -0.2) is 49.6 Å². The van der Waals surface area contributed by atoms with Crippen LogP contribution in [0.3, 0.4) is 0 Å². The summed E-state index contributed by atoms with van der Waals surface area (Å²) in [6.45, 7) is 0.790. The number of carbonyl (C=O) groups is 2. The molecule has 2 heterocycles. The van der Waals surface area contributed by atoms with Crippen LogP contribution in [0.25, 0.3) is 0 Å². The third-order valence-corrected chi connectivity index (χ3v) is 4.69. The third-order valence-electron chi connectivity index (χ3n) is 4.69. The Hall–Kier alpha value is -3.30. The van der Waals surface area contributed by atoms with Gasteiger partial charge in [-0.3, -0.25) is 9.59 Å². The summed E-state index contributed by atoms with van der Waals surface area (Å²) in [5.41, 5.74) is -0.426. The van der Waals surface area contributed by atoms with Crippen molar-refractivity contribution in [1.29, 1.82) is 0 Å². The number of benzene rings is 1. The van der Waals surface area contributed by atoms with Crippen LogP contribution >= 0.6 is 0 Å². The first-order valence-electron chi connectivity index (χ1n) is 9.26. The van der Waals surface area contributed by atoms with Gasteiger partial charge in [-0.25, -0.2) is 4.98 Å². The predicted octanol–water partition coefficient (Wildman–Crippen LogP) is 2.23. The fraction of sp³-hybridized carbons (Fsp3) is 0.350. The Morgan fingerprint density at radius 3 is 2.73 bits per heavy atom. The number of carbonyl (C=O) groups excluding carboxylic acids is 2. The molecule has 1 aliphatic heterocycles. The zero-order chi connectivity index (χ0) is 21.7. The summed E-state index contributed by atoms with van der Waals surface area (Å²) in [6, 6.07) is 8.69. The Bertz CT molecular complexity index is 903. The van der Waals surface area contributed by atoms with E-state index in [1.165, 1.54) is 13.2 Å². The summed E-state index contributed by atoms with van der Waals surface area (Å²) >= 11 is 0. The van der Waals surface area contributed by atoms with Crippen LogP contribution in [-0.2, 0) is 11.0 Å². The lowest BCUT2D eigenvalue weighted by Gasteiger charge is -2.18. The van der Waals surface area contributed by atoms with Gasteiger partial charge < -0.3 is 20.3 Å². The number of nitrogens with one attached hydrogen (secondary N) is 2. The van der Waals surface area contributed by atoms with Crippen molar-refractivity contribution in [3.63, 3.8) is 0 Å². The van der Waals surface area contributed by atoms with Gasteiger partial charge in [0.15, 0.2) is 0 Å². The van der Waals surface area contributed by atoms with E-state index in [0.29, 0.717) is 36.6 Å². The zero-order valence-electron chi connectivity index (χ0n) is 16.2. The van der Waals surface area contributed by atoms with Crippen LogP contribution in [0, 0.1) is 0 Å². The molecule has 0 bridgehead atoms. The highest BCUT2D eigenvalue weighted by molar-refractivity contribution is 5.96. The molecule has 2 amide bonds. The molecule has 30 heavy (non-hydrogen) atoms. The molecular formula is C20H21F3N4O3. The van der Waals surface area contributed by atoms with E-state index in [1.54, 1.807) is 29.2 Å². The second kappa shape index (κ2) is 9.02. The van der Waals surface area contributed by atoms with Gasteiger partial charge in [-0.05, 0) is 36.8 Å². The van der Waals surface area contributed by atoms with Crippen molar-refractivity contribution < 1.29 is 27.5 Å². The summed E-state index contributed by atoms with van der Waals surface area (Å²) < 4.78 is 43.0. The number of hydrogen-bond acceptors (Lipinski definition) is 5. The number of aromatic nitrogens is 1. The first-order valence-corrected chi connectivity index (χ1v) is 9.26. The van der Waals surface area contributed by atoms with Gasteiger partial charge in [-0.2, -0.15) is 13.2 Å². The molecule has 160 valence electrons. The summed E-state index contributed by atoms with van der Waals surface area (Å²) in [6.07, 6.45) is -3.00. The predicted molar refractivity (Wildman–Crippen MR) is 103 cm³/mol. The molecule has 1 atom stereocenters. The van der Waals surface area contributed by atoms with Crippen LogP contribution in [0.2, 0.25) is 0 Å². The third kappa shape index (κ3) is 5.40. The maximum absolute atomic E-state index is 12.6. The molecule has 1 unspecified atom stereocenters. The molecule has 1 fully saturated rings. The summed E-state index contributed by atoms with van der Waals surface area (Å²) in [5.74, 6) is 0.214. The first-order chi connectivity index (χ1) is 14.3. The van der Waals surface area contributed by atoms with Crippen molar-refractivity contribution in [3.8, 4) is 5.75 Å². The van der Waals surface area contributed by atoms with Crippen LogP contribution < -0.4 is 20.3 Å². The van der Waals surface area contributed by atoms with E-state index in [-0.39, 0.29) is 18.5 Å². The van der Waals surface area contributed by atoms with Crippen LogP contribution in [0.4, 0.5) is 19.0 Å². The molecule has 0 radical (unpaired) electrons. The number of amides is 2. The molecule has 0 saturated carbocycles. The van der Waals surface area contributed by atoms with E-state index in [0.717, 1.165) is 12.3 Å². The number of hydrogen-bond donors (Lipinski definition) is 2. The lowest BCUT2D eigenvalue weighted by Crippen LogP contribution is -2.43. The molecule has 1 saturated heterocycles. The molecule has 0 aliphatic carbocycles. The number of alkyl halides is 3. The van der Waals surface area contributed by atoms with E-state index in [2.05, 4.69) is 15.6 Å². The normalized spacial score (nSPS) is 16.3. The molecule has 1 aromatic heterocycles. The lowest BCUT2D eigenvalue weighted by molar-refractivity contribution is -0.137. The smallest absolute Gasteiger partial charge is 0.417 e. The molecule has 3 rings (SSSR count). The highest BCUT2D eigenvalue weighted by Gasteiger charge is 2.31. The van der Waals surface area contributed by atoms with Crippen molar-refractivity contribution in [1.82, 2.24) is 15.6 Å². The molecular weight excluding hydrogens is 401 g/mol. The molecule has 7 nitrogen and oxygen atoms in total. The minimum absolute atomic E-state index is 0.185. The average Bonchev–Trinajstić information content (AvgIpc) is 3.20. The zero-order valence-corrected chi connectivity index (χ0v) is 16.2. The van der Waals surface area contributed by atoms with Gasteiger partial charge in [-0.1, -0.05) is 6.07 Å². The molecule has 10 heteroatoms. The first kappa shape index (κ1) is 21.4. The van der Waals surface area contributed by atoms with Gasteiger partial charge in [0.25, 0.3) is 5.91 Å². The number of nitrogens with zero attached hydrogens (tertiary/aromatic N) is 2. The van der Waals surface area contributed by atoms with Crippen molar-refractivity contribution in [3.05, 3.63) is 53.7 Å². The highest BCUT2D eigenvalue weighted by Crippen LogP contribution is 2.29.